The minimum absolute atomic E-state index is 0.108. The molecule has 1 aliphatic heterocycles. The van der Waals surface area contributed by atoms with E-state index in [4.69, 9.17) is 0 Å². The molecule has 1 atom stereocenters. The van der Waals surface area contributed by atoms with Crippen LogP contribution in [0.4, 0.5) is 4.79 Å². The number of aliphatic carboxylic acids is 1. The Labute approximate surface area is 121 Å². The summed E-state index contributed by atoms with van der Waals surface area (Å²) in [6.45, 7) is 1.15. The van der Waals surface area contributed by atoms with Gasteiger partial charge in [-0.15, -0.1) is 0 Å². The van der Waals surface area contributed by atoms with Gasteiger partial charge in [0.1, 0.15) is 6.04 Å². The molecule has 0 bridgehead atoms. The highest BCUT2D eigenvalue weighted by Crippen LogP contribution is 2.31. The number of hydrogen-bond donors (Lipinski definition) is 1. The quantitative estimate of drug-likeness (QED) is 0.927. The normalized spacial score (nSPS) is 22.0. The van der Waals surface area contributed by atoms with E-state index in [9.17, 15) is 14.7 Å². The first-order valence-electron chi connectivity index (χ1n) is 6.98. The molecule has 0 spiro atoms. The summed E-state index contributed by atoms with van der Waals surface area (Å²) in [5.74, 6) is -0.887. The molecule has 1 saturated heterocycles. The second-order valence-corrected chi connectivity index (χ2v) is 6.24. The lowest BCUT2D eigenvalue weighted by Gasteiger charge is -2.30. The minimum atomic E-state index is -0.887. The zero-order chi connectivity index (χ0) is 14.1. The van der Waals surface area contributed by atoms with Gasteiger partial charge in [-0.3, -0.25) is 0 Å². The molecule has 20 heavy (non-hydrogen) atoms. The number of urea groups is 1. The van der Waals surface area contributed by atoms with E-state index >= 15 is 0 Å². The topological polar surface area (TPSA) is 60.9 Å². The first-order chi connectivity index (χ1) is 9.66. The van der Waals surface area contributed by atoms with E-state index in [1.807, 2.05) is 21.7 Å². The van der Waals surface area contributed by atoms with E-state index < -0.39 is 12.0 Å². The van der Waals surface area contributed by atoms with Crippen LogP contribution >= 0.6 is 11.3 Å². The summed E-state index contributed by atoms with van der Waals surface area (Å²) in [6, 6.07) is 1.55. The molecule has 6 heteroatoms. The SMILES string of the molecule is O=C(O)[C@@H]1CCCN1C(=O)N(Cc1ccsc1)C1CC1. The van der Waals surface area contributed by atoms with E-state index in [1.54, 1.807) is 11.3 Å². The van der Waals surface area contributed by atoms with Gasteiger partial charge in [-0.25, -0.2) is 9.59 Å². The highest BCUT2D eigenvalue weighted by atomic mass is 32.1. The first-order valence-corrected chi connectivity index (χ1v) is 7.92. The van der Waals surface area contributed by atoms with Crippen LogP contribution in [0.1, 0.15) is 31.2 Å². The van der Waals surface area contributed by atoms with Crippen LogP contribution in [0.5, 0.6) is 0 Å². The monoisotopic (exact) mass is 294 g/mol. The largest absolute Gasteiger partial charge is 0.480 e. The van der Waals surface area contributed by atoms with Crippen molar-refractivity contribution >= 4 is 23.3 Å². The van der Waals surface area contributed by atoms with Gasteiger partial charge in [-0.1, -0.05) is 0 Å². The third-order valence-corrected chi connectivity index (χ3v) is 4.68. The summed E-state index contributed by atoms with van der Waals surface area (Å²) in [5, 5.41) is 13.3. The maximum atomic E-state index is 12.7. The van der Waals surface area contributed by atoms with Crippen LogP contribution in [-0.2, 0) is 11.3 Å². The van der Waals surface area contributed by atoms with Crippen LogP contribution in [0.15, 0.2) is 16.8 Å². The summed E-state index contributed by atoms with van der Waals surface area (Å²) >= 11 is 1.62. The fourth-order valence-corrected chi connectivity index (χ4v) is 3.40. The van der Waals surface area contributed by atoms with Gasteiger partial charge >= 0.3 is 12.0 Å². The zero-order valence-corrected chi connectivity index (χ0v) is 12.0. The van der Waals surface area contributed by atoms with Crippen LogP contribution in [-0.4, -0.2) is 45.5 Å². The number of thiophene rings is 1. The number of carboxylic acid groups (broad SMARTS) is 1. The molecule has 2 amide bonds. The molecule has 0 aromatic carbocycles. The molecular formula is C14H18N2O3S. The molecule has 1 aromatic heterocycles. The highest BCUT2D eigenvalue weighted by molar-refractivity contribution is 7.07. The van der Waals surface area contributed by atoms with E-state index in [0.29, 0.717) is 19.5 Å². The fourth-order valence-electron chi connectivity index (χ4n) is 2.74. The fraction of sp³-hybridized carbons (Fsp3) is 0.571. The number of rotatable bonds is 4. The van der Waals surface area contributed by atoms with Gasteiger partial charge in [0.2, 0.25) is 0 Å². The summed E-state index contributed by atoms with van der Waals surface area (Å²) in [7, 11) is 0. The van der Waals surface area contributed by atoms with Crippen molar-refractivity contribution in [1.29, 1.82) is 0 Å². The van der Waals surface area contributed by atoms with Crippen LogP contribution in [0.3, 0.4) is 0 Å². The van der Waals surface area contributed by atoms with Crippen molar-refractivity contribution in [2.24, 2.45) is 0 Å². The molecule has 0 radical (unpaired) electrons. The highest BCUT2D eigenvalue weighted by Gasteiger charge is 2.40. The van der Waals surface area contributed by atoms with Crippen molar-refractivity contribution in [2.75, 3.05) is 6.54 Å². The number of carbonyl (C=O) groups is 2. The Morgan fingerprint density at radius 2 is 2.20 bits per heavy atom. The molecular weight excluding hydrogens is 276 g/mol. The number of carbonyl (C=O) groups excluding carboxylic acids is 1. The second kappa shape index (κ2) is 5.44. The molecule has 1 aromatic rings. The number of carboxylic acids is 1. The Kier molecular flexibility index (Phi) is 3.65. The third kappa shape index (κ3) is 2.65. The molecule has 2 fully saturated rings. The average Bonchev–Trinajstić information content (AvgIpc) is 2.95. The Hall–Kier alpha value is -1.56. The standard InChI is InChI=1S/C14H18N2O3S/c17-13(18)12-2-1-6-15(12)14(19)16(11-3-4-11)8-10-5-7-20-9-10/h5,7,9,11-12H,1-4,6,8H2,(H,17,18)/t12-/m0/s1. The Morgan fingerprint density at radius 1 is 1.40 bits per heavy atom. The third-order valence-electron chi connectivity index (χ3n) is 3.95. The number of hydrogen-bond acceptors (Lipinski definition) is 3. The van der Waals surface area contributed by atoms with Crippen LogP contribution in [0.25, 0.3) is 0 Å². The van der Waals surface area contributed by atoms with Gasteiger partial charge < -0.3 is 14.9 Å². The zero-order valence-electron chi connectivity index (χ0n) is 11.2. The molecule has 1 saturated carbocycles. The first kappa shape index (κ1) is 13.4. The molecule has 1 N–H and O–H groups in total. The van der Waals surface area contributed by atoms with Crippen molar-refractivity contribution in [2.45, 2.75) is 44.3 Å². The van der Waals surface area contributed by atoms with Gasteiger partial charge in [0.15, 0.2) is 0 Å². The van der Waals surface area contributed by atoms with Crippen LogP contribution in [0.2, 0.25) is 0 Å². The van der Waals surface area contributed by atoms with Gasteiger partial charge in [0, 0.05) is 19.1 Å². The predicted octanol–water partition coefficient (Wildman–Crippen LogP) is 2.38. The molecule has 2 heterocycles. The maximum absolute atomic E-state index is 12.7. The Bertz CT molecular complexity index is 499. The number of nitrogens with zero attached hydrogens (tertiary/aromatic N) is 2. The van der Waals surface area contributed by atoms with Crippen LogP contribution in [0, 0.1) is 0 Å². The van der Waals surface area contributed by atoms with Crippen molar-refractivity contribution in [3.63, 3.8) is 0 Å². The molecule has 108 valence electrons. The van der Waals surface area contributed by atoms with Gasteiger partial charge in [0.05, 0.1) is 0 Å². The lowest BCUT2D eigenvalue weighted by atomic mass is 10.2. The Morgan fingerprint density at radius 3 is 2.80 bits per heavy atom. The van der Waals surface area contributed by atoms with Gasteiger partial charge in [-0.05, 0) is 48.1 Å². The molecule has 3 rings (SSSR count). The molecule has 1 aliphatic carbocycles. The minimum Gasteiger partial charge on any atom is -0.480 e. The van der Waals surface area contributed by atoms with E-state index in [2.05, 4.69) is 0 Å². The molecule has 0 unspecified atom stereocenters. The number of amides is 2. The van der Waals surface area contributed by atoms with Gasteiger partial charge in [0.25, 0.3) is 0 Å². The lowest BCUT2D eigenvalue weighted by Crippen LogP contribution is -2.48. The number of likely N-dealkylation sites (tertiary alicyclic amines) is 1. The van der Waals surface area contributed by atoms with E-state index in [-0.39, 0.29) is 12.1 Å². The smallest absolute Gasteiger partial charge is 0.326 e. The van der Waals surface area contributed by atoms with Crippen molar-refractivity contribution in [3.05, 3.63) is 22.4 Å². The summed E-state index contributed by atoms with van der Waals surface area (Å²) < 4.78 is 0. The maximum Gasteiger partial charge on any atom is 0.326 e. The van der Waals surface area contributed by atoms with Crippen LogP contribution < -0.4 is 0 Å². The molecule has 5 nitrogen and oxygen atoms in total. The van der Waals surface area contributed by atoms with Gasteiger partial charge in [-0.2, -0.15) is 11.3 Å². The second-order valence-electron chi connectivity index (χ2n) is 5.46. The van der Waals surface area contributed by atoms with Crippen molar-refractivity contribution in [3.8, 4) is 0 Å². The summed E-state index contributed by atoms with van der Waals surface area (Å²) in [4.78, 5) is 27.3. The average molecular weight is 294 g/mol. The molecule has 2 aliphatic rings. The Balaban J connectivity index is 1.73. The predicted molar refractivity (Wildman–Crippen MR) is 75.6 cm³/mol. The van der Waals surface area contributed by atoms with E-state index in [1.165, 1.54) is 4.90 Å². The summed E-state index contributed by atoms with van der Waals surface area (Å²) in [6.07, 6.45) is 3.40. The van der Waals surface area contributed by atoms with Crippen molar-refractivity contribution in [1.82, 2.24) is 9.80 Å². The summed E-state index contributed by atoms with van der Waals surface area (Å²) in [5.41, 5.74) is 1.13. The van der Waals surface area contributed by atoms with E-state index in [0.717, 1.165) is 24.8 Å². The van der Waals surface area contributed by atoms with Crippen molar-refractivity contribution < 1.29 is 14.7 Å². The lowest BCUT2D eigenvalue weighted by molar-refractivity contribution is -0.141.